The number of nitrogens with zero attached hydrogens (tertiary/aromatic N) is 1. The fraction of sp³-hybridized carbons (Fsp3) is 0.400. The summed E-state index contributed by atoms with van der Waals surface area (Å²) in [6.45, 7) is 0. The molecule has 0 saturated carbocycles. The molecule has 5 nitrogen and oxygen atoms in total. The molecular weight excluding hydrogens is 335 g/mol. The van der Waals surface area contributed by atoms with Gasteiger partial charge < -0.3 is 14.2 Å². The van der Waals surface area contributed by atoms with Crippen LogP contribution in [0, 0.1) is 0 Å². The summed E-state index contributed by atoms with van der Waals surface area (Å²) in [5, 5.41) is 0.222. The Bertz CT molecular complexity index is 479. The maximum absolute atomic E-state index is 12.3. The van der Waals surface area contributed by atoms with E-state index >= 15 is 0 Å². The summed E-state index contributed by atoms with van der Waals surface area (Å²) in [6.07, 6.45) is -4.98. The van der Waals surface area contributed by atoms with Gasteiger partial charge in [0.05, 0.1) is 19.9 Å². The van der Waals surface area contributed by atoms with Crippen molar-refractivity contribution >= 4 is 21.9 Å². The number of halogens is 4. The summed E-state index contributed by atoms with van der Waals surface area (Å²) in [6, 6.07) is 1.22. The van der Waals surface area contributed by atoms with Crippen LogP contribution in [0.4, 0.5) is 13.2 Å². The summed E-state index contributed by atoms with van der Waals surface area (Å²) in [5.41, 5.74) is -0.305. The Morgan fingerprint density at radius 1 is 1.42 bits per heavy atom. The SMILES string of the molecule is COC(=O)c1nc(CBr)cc(OC)c1OC(F)(F)F. The molecule has 19 heavy (non-hydrogen) atoms. The van der Waals surface area contributed by atoms with Gasteiger partial charge in [-0.1, -0.05) is 15.9 Å². The van der Waals surface area contributed by atoms with Crippen LogP contribution in [0.15, 0.2) is 6.07 Å². The highest BCUT2D eigenvalue weighted by molar-refractivity contribution is 9.08. The lowest BCUT2D eigenvalue weighted by atomic mass is 10.2. The van der Waals surface area contributed by atoms with Crippen LogP contribution in [-0.2, 0) is 10.1 Å². The van der Waals surface area contributed by atoms with Crippen molar-refractivity contribution in [2.75, 3.05) is 14.2 Å². The maximum atomic E-state index is 12.3. The lowest BCUT2D eigenvalue weighted by Gasteiger charge is -2.15. The maximum Gasteiger partial charge on any atom is 0.573 e. The van der Waals surface area contributed by atoms with Gasteiger partial charge in [-0.2, -0.15) is 0 Å². The number of alkyl halides is 4. The molecule has 106 valence electrons. The van der Waals surface area contributed by atoms with Crippen molar-refractivity contribution in [3.8, 4) is 11.5 Å². The van der Waals surface area contributed by atoms with Gasteiger partial charge in [0.15, 0.2) is 11.4 Å². The number of pyridine rings is 1. The minimum atomic E-state index is -4.98. The third-order valence-electron chi connectivity index (χ3n) is 1.95. The van der Waals surface area contributed by atoms with E-state index in [1.54, 1.807) is 0 Å². The Balaban J connectivity index is 3.41. The molecule has 0 spiro atoms. The molecule has 0 aliphatic carbocycles. The molecule has 1 rings (SSSR count). The van der Waals surface area contributed by atoms with E-state index < -0.39 is 23.8 Å². The molecule has 1 heterocycles. The summed E-state index contributed by atoms with van der Waals surface area (Å²) in [5.74, 6) is -2.14. The number of aromatic nitrogens is 1. The Kier molecular flexibility index (Phi) is 4.98. The number of carbonyl (C=O) groups excluding carboxylic acids is 1. The Morgan fingerprint density at radius 2 is 2.05 bits per heavy atom. The average molecular weight is 344 g/mol. The highest BCUT2D eigenvalue weighted by Crippen LogP contribution is 2.36. The van der Waals surface area contributed by atoms with Crippen LogP contribution in [0.25, 0.3) is 0 Å². The number of rotatable bonds is 4. The molecule has 0 aliphatic heterocycles. The van der Waals surface area contributed by atoms with Gasteiger partial charge in [-0.05, 0) is 0 Å². The van der Waals surface area contributed by atoms with Crippen LogP contribution < -0.4 is 9.47 Å². The molecule has 0 aromatic carbocycles. The zero-order valence-electron chi connectivity index (χ0n) is 9.88. The Morgan fingerprint density at radius 3 is 2.47 bits per heavy atom. The number of esters is 1. The second kappa shape index (κ2) is 6.09. The highest BCUT2D eigenvalue weighted by atomic mass is 79.9. The standard InChI is InChI=1S/C10H9BrF3NO4/c1-17-6-3-5(4-11)15-7(9(16)18-2)8(6)19-10(12,13)14/h3H,4H2,1-2H3. The molecule has 0 radical (unpaired) electrons. The van der Waals surface area contributed by atoms with Crippen molar-refractivity contribution in [3.63, 3.8) is 0 Å². The molecule has 0 saturated heterocycles. The van der Waals surface area contributed by atoms with E-state index in [2.05, 4.69) is 30.4 Å². The average Bonchev–Trinajstić information content (AvgIpc) is 2.36. The molecule has 0 bridgehead atoms. The molecule has 0 atom stereocenters. The number of methoxy groups -OCH3 is 2. The summed E-state index contributed by atoms with van der Waals surface area (Å²) >= 11 is 3.08. The second-order valence-electron chi connectivity index (χ2n) is 3.17. The fourth-order valence-electron chi connectivity index (χ4n) is 1.23. The number of ether oxygens (including phenoxy) is 3. The lowest BCUT2D eigenvalue weighted by molar-refractivity contribution is -0.275. The van der Waals surface area contributed by atoms with Gasteiger partial charge in [0.1, 0.15) is 0 Å². The molecule has 0 unspecified atom stereocenters. The monoisotopic (exact) mass is 343 g/mol. The van der Waals surface area contributed by atoms with Crippen LogP contribution in [0.3, 0.4) is 0 Å². The van der Waals surface area contributed by atoms with E-state index in [1.807, 2.05) is 0 Å². The third kappa shape index (κ3) is 3.98. The first-order valence-corrected chi connectivity index (χ1v) is 5.92. The van der Waals surface area contributed by atoms with E-state index in [0.717, 1.165) is 14.2 Å². The lowest BCUT2D eigenvalue weighted by Crippen LogP contribution is -2.21. The van der Waals surface area contributed by atoms with Gasteiger partial charge in [-0.3, -0.25) is 0 Å². The largest absolute Gasteiger partial charge is 0.573 e. The van der Waals surface area contributed by atoms with Crippen molar-refractivity contribution in [2.45, 2.75) is 11.7 Å². The molecule has 1 aromatic heterocycles. The van der Waals surface area contributed by atoms with E-state index in [0.29, 0.717) is 5.69 Å². The second-order valence-corrected chi connectivity index (χ2v) is 3.73. The predicted molar refractivity (Wildman–Crippen MR) is 61.4 cm³/mol. The smallest absolute Gasteiger partial charge is 0.493 e. The van der Waals surface area contributed by atoms with Crippen LogP contribution in [0.5, 0.6) is 11.5 Å². The first-order valence-electron chi connectivity index (χ1n) is 4.80. The minimum Gasteiger partial charge on any atom is -0.493 e. The number of hydrogen-bond donors (Lipinski definition) is 0. The van der Waals surface area contributed by atoms with Gasteiger partial charge in [0.2, 0.25) is 5.75 Å². The van der Waals surface area contributed by atoms with E-state index in [-0.39, 0.29) is 11.1 Å². The van der Waals surface area contributed by atoms with E-state index in [1.165, 1.54) is 6.07 Å². The molecule has 0 N–H and O–H groups in total. The zero-order chi connectivity index (χ0) is 14.6. The summed E-state index contributed by atoms with van der Waals surface area (Å²) < 4.78 is 49.9. The Labute approximate surface area is 114 Å². The quantitative estimate of drug-likeness (QED) is 0.621. The number of carbonyl (C=O) groups is 1. The highest BCUT2D eigenvalue weighted by Gasteiger charge is 2.36. The van der Waals surface area contributed by atoms with Crippen LogP contribution in [0.2, 0.25) is 0 Å². The Hall–Kier alpha value is -1.51. The third-order valence-corrected chi connectivity index (χ3v) is 2.52. The van der Waals surface area contributed by atoms with Gasteiger partial charge in [0, 0.05) is 11.4 Å². The fourth-order valence-corrected chi connectivity index (χ4v) is 1.52. The van der Waals surface area contributed by atoms with Crippen molar-refractivity contribution in [1.82, 2.24) is 4.98 Å². The topological polar surface area (TPSA) is 57.7 Å². The molecule has 0 aliphatic rings. The molecule has 1 aromatic rings. The van der Waals surface area contributed by atoms with Crippen molar-refractivity contribution in [1.29, 1.82) is 0 Å². The van der Waals surface area contributed by atoms with Crippen molar-refractivity contribution in [2.24, 2.45) is 0 Å². The van der Waals surface area contributed by atoms with Gasteiger partial charge in [-0.15, -0.1) is 13.2 Å². The van der Waals surface area contributed by atoms with Crippen molar-refractivity contribution in [3.05, 3.63) is 17.5 Å². The van der Waals surface area contributed by atoms with E-state index in [4.69, 9.17) is 4.74 Å². The predicted octanol–water partition coefficient (Wildman–Crippen LogP) is 2.67. The summed E-state index contributed by atoms with van der Waals surface area (Å²) in [4.78, 5) is 15.2. The van der Waals surface area contributed by atoms with Crippen LogP contribution in [0.1, 0.15) is 16.2 Å². The van der Waals surface area contributed by atoms with Gasteiger partial charge in [-0.25, -0.2) is 9.78 Å². The molecule has 9 heteroatoms. The minimum absolute atomic E-state index is 0.222. The van der Waals surface area contributed by atoms with Gasteiger partial charge in [0.25, 0.3) is 0 Å². The van der Waals surface area contributed by atoms with Crippen LogP contribution >= 0.6 is 15.9 Å². The van der Waals surface area contributed by atoms with E-state index in [9.17, 15) is 18.0 Å². The van der Waals surface area contributed by atoms with Gasteiger partial charge >= 0.3 is 12.3 Å². The summed E-state index contributed by atoms with van der Waals surface area (Å²) in [7, 11) is 2.17. The number of hydrogen-bond acceptors (Lipinski definition) is 5. The normalized spacial score (nSPS) is 11.1. The first-order chi connectivity index (χ1) is 8.82. The van der Waals surface area contributed by atoms with Crippen molar-refractivity contribution < 1.29 is 32.2 Å². The zero-order valence-corrected chi connectivity index (χ0v) is 11.5. The molecule has 0 amide bonds. The van der Waals surface area contributed by atoms with Crippen LogP contribution in [-0.4, -0.2) is 31.5 Å². The molecular formula is C10H9BrF3NO4. The molecule has 0 fully saturated rings. The first kappa shape index (κ1) is 15.5.